The van der Waals surface area contributed by atoms with Crippen molar-refractivity contribution in [3.05, 3.63) is 0 Å². The van der Waals surface area contributed by atoms with E-state index >= 15 is 0 Å². The van der Waals surface area contributed by atoms with Gasteiger partial charge in [-0.05, 0) is 12.8 Å². The van der Waals surface area contributed by atoms with Crippen molar-refractivity contribution in [3.8, 4) is 0 Å². The summed E-state index contributed by atoms with van der Waals surface area (Å²) in [6, 6.07) is 0. The number of isocyanates is 2. The Morgan fingerprint density at radius 2 is 0.452 bits per heavy atom. The van der Waals surface area contributed by atoms with Gasteiger partial charge in [-0.15, -0.1) is 0 Å². The van der Waals surface area contributed by atoms with E-state index in [-0.39, 0.29) is 0 Å². The first kappa shape index (κ1) is 42.9. The summed E-state index contributed by atoms with van der Waals surface area (Å²) in [5.74, 6) is 0. The first-order valence-corrected chi connectivity index (χ1v) is 18.9. The molecule has 0 unspecified atom stereocenters. The smallest absolute Gasteiger partial charge is 0.211 e. The molecular formula is C38H74N2O2. The van der Waals surface area contributed by atoms with Gasteiger partial charge in [-0.1, -0.05) is 206 Å². The largest absolute Gasteiger partial charge is 0.234 e. The van der Waals surface area contributed by atoms with Crippen molar-refractivity contribution in [2.75, 3.05) is 13.1 Å². The molecule has 0 spiro atoms. The lowest BCUT2D eigenvalue weighted by Crippen LogP contribution is -1.84. The molecule has 0 atom stereocenters. The number of rotatable bonds is 34. The minimum atomic E-state index is 0.669. The summed E-state index contributed by atoms with van der Waals surface area (Å²) in [6.07, 6.45) is 47.2. The topological polar surface area (TPSA) is 58.9 Å². The molecule has 0 aromatic carbocycles. The van der Waals surface area contributed by atoms with E-state index < -0.39 is 0 Å². The highest BCUT2D eigenvalue weighted by Crippen LogP contribution is 2.15. The molecule has 0 aliphatic heterocycles. The lowest BCUT2D eigenvalue weighted by Gasteiger charge is -2.03. The van der Waals surface area contributed by atoms with Crippen molar-refractivity contribution in [2.24, 2.45) is 9.98 Å². The maximum Gasteiger partial charge on any atom is 0.234 e. The Morgan fingerprint density at radius 1 is 0.286 bits per heavy atom. The molecule has 42 heavy (non-hydrogen) atoms. The zero-order valence-electron chi connectivity index (χ0n) is 28.8. The first-order valence-electron chi connectivity index (χ1n) is 18.9. The Kier molecular flexibility index (Phi) is 45.1. The monoisotopic (exact) mass is 591 g/mol. The van der Waals surface area contributed by atoms with Crippen molar-refractivity contribution in [1.82, 2.24) is 0 Å². The molecule has 248 valence electrons. The lowest BCUT2D eigenvalue weighted by molar-refractivity contribution is 0.529. The molecule has 0 N–H and O–H groups in total. The van der Waals surface area contributed by atoms with Crippen LogP contribution in [0.4, 0.5) is 0 Å². The second-order valence-electron chi connectivity index (χ2n) is 12.6. The molecule has 0 aliphatic rings. The van der Waals surface area contributed by atoms with Gasteiger partial charge in [-0.2, -0.15) is 0 Å². The summed E-state index contributed by atoms with van der Waals surface area (Å²) in [5.41, 5.74) is 0. The Balaban J connectivity index is 0. The van der Waals surface area contributed by atoms with E-state index in [1.54, 1.807) is 12.2 Å². The van der Waals surface area contributed by atoms with E-state index in [2.05, 4.69) is 23.8 Å². The van der Waals surface area contributed by atoms with E-state index in [4.69, 9.17) is 0 Å². The second-order valence-corrected chi connectivity index (χ2v) is 12.6. The molecule has 0 amide bonds. The summed E-state index contributed by atoms with van der Waals surface area (Å²) in [6.45, 7) is 5.90. The van der Waals surface area contributed by atoms with E-state index in [1.807, 2.05) is 0 Å². The molecule has 0 radical (unpaired) electrons. The lowest BCUT2D eigenvalue weighted by atomic mass is 10.0. The molecule has 0 bridgehead atoms. The fourth-order valence-corrected chi connectivity index (χ4v) is 5.57. The van der Waals surface area contributed by atoms with Crippen LogP contribution in [0.15, 0.2) is 9.98 Å². The third-order valence-electron chi connectivity index (χ3n) is 8.38. The summed E-state index contributed by atoms with van der Waals surface area (Å²) in [5, 5.41) is 0. The number of hydrogen-bond donors (Lipinski definition) is 0. The van der Waals surface area contributed by atoms with Gasteiger partial charge in [-0.3, -0.25) is 0 Å². The highest BCUT2D eigenvalue weighted by Gasteiger charge is 1.96. The average Bonchev–Trinajstić information content (AvgIpc) is 3.00. The van der Waals surface area contributed by atoms with E-state index in [1.165, 1.54) is 193 Å². The van der Waals surface area contributed by atoms with Gasteiger partial charge in [0.1, 0.15) is 0 Å². The molecule has 0 rings (SSSR count). The maximum absolute atomic E-state index is 9.87. The van der Waals surface area contributed by atoms with E-state index in [9.17, 15) is 9.59 Å². The van der Waals surface area contributed by atoms with Crippen LogP contribution in [0.5, 0.6) is 0 Å². The third-order valence-corrected chi connectivity index (χ3v) is 8.38. The standard InChI is InChI=1S/2C19H37NO/c2*1-2-3-4-5-6-7-8-9-10-11-12-13-14-15-16-17-18-20-19-21/h2*2-18H2,1H3. The fourth-order valence-electron chi connectivity index (χ4n) is 5.57. The Bertz CT molecular complexity index is 517. The van der Waals surface area contributed by atoms with Crippen LogP contribution in [-0.4, -0.2) is 25.2 Å². The van der Waals surface area contributed by atoms with Crippen LogP contribution in [0.25, 0.3) is 0 Å². The van der Waals surface area contributed by atoms with Gasteiger partial charge in [0.05, 0.1) is 13.1 Å². The van der Waals surface area contributed by atoms with Gasteiger partial charge >= 0.3 is 0 Å². The molecule has 0 saturated heterocycles. The number of carbonyl (C=O) groups excluding carboxylic acids is 2. The fraction of sp³-hybridized carbons (Fsp3) is 0.947. The van der Waals surface area contributed by atoms with Crippen molar-refractivity contribution in [3.63, 3.8) is 0 Å². The van der Waals surface area contributed by atoms with Crippen LogP contribution < -0.4 is 0 Å². The van der Waals surface area contributed by atoms with Crippen molar-refractivity contribution >= 4 is 12.2 Å². The summed E-state index contributed by atoms with van der Waals surface area (Å²) in [4.78, 5) is 26.9. The highest BCUT2D eigenvalue weighted by molar-refractivity contribution is 5.32. The van der Waals surface area contributed by atoms with Crippen LogP contribution in [-0.2, 0) is 9.59 Å². The van der Waals surface area contributed by atoms with Gasteiger partial charge in [0.15, 0.2) is 0 Å². The molecule has 4 heteroatoms. The van der Waals surface area contributed by atoms with E-state index in [0.717, 1.165) is 12.8 Å². The van der Waals surface area contributed by atoms with Gasteiger partial charge in [0.2, 0.25) is 12.2 Å². The number of aliphatic imine (C=N–C) groups is 2. The van der Waals surface area contributed by atoms with Gasteiger partial charge in [0.25, 0.3) is 0 Å². The van der Waals surface area contributed by atoms with Crippen LogP contribution >= 0.6 is 0 Å². The zero-order valence-corrected chi connectivity index (χ0v) is 28.8. The first-order chi connectivity index (χ1) is 20.8. The molecule has 0 aliphatic carbocycles. The number of nitrogens with zero attached hydrogens (tertiary/aromatic N) is 2. The van der Waals surface area contributed by atoms with E-state index in [0.29, 0.717) is 13.1 Å². The summed E-state index contributed by atoms with van der Waals surface area (Å²) < 4.78 is 0. The molecule has 0 aromatic rings. The molecule has 0 saturated carbocycles. The van der Waals surface area contributed by atoms with Gasteiger partial charge < -0.3 is 0 Å². The summed E-state index contributed by atoms with van der Waals surface area (Å²) >= 11 is 0. The van der Waals surface area contributed by atoms with Gasteiger partial charge in [-0.25, -0.2) is 19.6 Å². The third kappa shape index (κ3) is 45.7. The van der Waals surface area contributed by atoms with Crippen molar-refractivity contribution in [2.45, 2.75) is 219 Å². The SMILES string of the molecule is CCCCCCCCCCCCCCCCCCN=C=O.CCCCCCCCCCCCCCCCCCN=C=O. The average molecular weight is 591 g/mol. The maximum atomic E-state index is 9.87. The number of unbranched alkanes of at least 4 members (excludes halogenated alkanes) is 30. The Morgan fingerprint density at radius 3 is 0.619 bits per heavy atom. The molecule has 4 nitrogen and oxygen atoms in total. The Labute approximate surface area is 263 Å². The minimum absolute atomic E-state index is 0.669. The van der Waals surface area contributed by atoms with Crippen LogP contribution in [0.3, 0.4) is 0 Å². The van der Waals surface area contributed by atoms with Crippen molar-refractivity contribution < 1.29 is 9.59 Å². The molecule has 0 heterocycles. The second kappa shape index (κ2) is 44.2. The van der Waals surface area contributed by atoms with Gasteiger partial charge in [0, 0.05) is 0 Å². The molecular weight excluding hydrogens is 516 g/mol. The zero-order chi connectivity index (χ0) is 30.9. The number of hydrogen-bond acceptors (Lipinski definition) is 4. The highest BCUT2D eigenvalue weighted by atomic mass is 16.1. The van der Waals surface area contributed by atoms with Crippen LogP contribution in [0, 0.1) is 0 Å². The van der Waals surface area contributed by atoms with Crippen molar-refractivity contribution in [1.29, 1.82) is 0 Å². The van der Waals surface area contributed by atoms with Crippen LogP contribution in [0.1, 0.15) is 219 Å². The normalized spacial score (nSPS) is 10.5. The quantitative estimate of drug-likeness (QED) is 0.0425. The predicted molar refractivity (Wildman–Crippen MR) is 185 cm³/mol. The Hall–Kier alpha value is -1.24. The predicted octanol–water partition coefficient (Wildman–Crippen LogP) is 13.2. The van der Waals surface area contributed by atoms with Crippen LogP contribution in [0.2, 0.25) is 0 Å². The molecule has 0 fully saturated rings. The minimum Gasteiger partial charge on any atom is -0.211 e. The summed E-state index contributed by atoms with van der Waals surface area (Å²) in [7, 11) is 0. The molecule has 0 aromatic heterocycles.